The van der Waals surface area contributed by atoms with Crippen LogP contribution in [0.1, 0.15) is 29.7 Å². The Morgan fingerprint density at radius 2 is 1.69 bits per heavy atom. The number of ether oxygens (including phenoxy) is 2. The SMILES string of the molecule is CCOc1ccc2nc(N3C(=O)C(=O)/C(=C(/O)c4ccc(Cl)cc4)C3c3cccc(OCc4ccccc4)c3)sc2c1. The summed E-state index contributed by atoms with van der Waals surface area (Å²) in [6.07, 6.45) is 0. The van der Waals surface area contributed by atoms with Crippen molar-refractivity contribution in [1.29, 1.82) is 0 Å². The van der Waals surface area contributed by atoms with Gasteiger partial charge in [-0.15, -0.1) is 0 Å². The largest absolute Gasteiger partial charge is 0.507 e. The molecule has 9 heteroatoms. The summed E-state index contributed by atoms with van der Waals surface area (Å²) in [4.78, 5) is 33.3. The molecule has 7 nitrogen and oxygen atoms in total. The van der Waals surface area contributed by atoms with Gasteiger partial charge in [-0.1, -0.05) is 65.4 Å². The van der Waals surface area contributed by atoms with Crippen LogP contribution in [0.15, 0.2) is 103 Å². The number of nitrogens with zero attached hydrogens (tertiary/aromatic N) is 2. The quantitative estimate of drug-likeness (QED) is 0.113. The summed E-state index contributed by atoms with van der Waals surface area (Å²) in [7, 11) is 0. The van der Waals surface area contributed by atoms with Crippen molar-refractivity contribution < 1.29 is 24.2 Å². The molecule has 210 valence electrons. The average molecular weight is 597 g/mol. The summed E-state index contributed by atoms with van der Waals surface area (Å²) in [5.41, 5.74) is 2.57. The van der Waals surface area contributed by atoms with Crippen LogP contribution in [0, 0.1) is 0 Å². The van der Waals surface area contributed by atoms with Gasteiger partial charge in [0.25, 0.3) is 5.78 Å². The van der Waals surface area contributed by atoms with Gasteiger partial charge in [-0.25, -0.2) is 4.98 Å². The second kappa shape index (κ2) is 11.7. The zero-order valence-corrected chi connectivity index (χ0v) is 24.1. The zero-order valence-electron chi connectivity index (χ0n) is 22.5. The molecule has 5 aromatic rings. The highest BCUT2D eigenvalue weighted by molar-refractivity contribution is 7.22. The Bertz CT molecular complexity index is 1820. The number of carbonyl (C=O) groups is 2. The van der Waals surface area contributed by atoms with E-state index < -0.39 is 17.7 Å². The highest BCUT2D eigenvalue weighted by Gasteiger charge is 2.48. The molecule has 1 unspecified atom stereocenters. The summed E-state index contributed by atoms with van der Waals surface area (Å²) < 4.78 is 12.5. The third-order valence-corrected chi connectivity index (χ3v) is 8.12. The number of thiazole rings is 1. The first kappa shape index (κ1) is 27.5. The molecule has 1 aliphatic heterocycles. The highest BCUT2D eigenvalue weighted by atomic mass is 35.5. The molecule has 2 heterocycles. The number of aliphatic hydroxyl groups is 1. The Morgan fingerprint density at radius 3 is 2.45 bits per heavy atom. The van der Waals surface area contributed by atoms with E-state index in [0.29, 0.717) is 51.5 Å². The average Bonchev–Trinajstić information content (AvgIpc) is 3.54. The second-order valence-corrected chi connectivity index (χ2v) is 11.0. The second-order valence-electron chi connectivity index (χ2n) is 9.58. The van der Waals surface area contributed by atoms with Crippen LogP contribution in [0.3, 0.4) is 0 Å². The molecule has 1 aliphatic rings. The number of halogens is 1. The van der Waals surface area contributed by atoms with E-state index in [-0.39, 0.29) is 11.3 Å². The van der Waals surface area contributed by atoms with Crippen LogP contribution in [0.5, 0.6) is 11.5 Å². The number of aliphatic hydroxyl groups excluding tert-OH is 1. The number of ketones is 1. The van der Waals surface area contributed by atoms with Gasteiger partial charge < -0.3 is 14.6 Å². The smallest absolute Gasteiger partial charge is 0.301 e. The van der Waals surface area contributed by atoms with Crippen LogP contribution < -0.4 is 14.4 Å². The summed E-state index contributed by atoms with van der Waals surface area (Å²) in [6, 6.07) is 27.9. The third-order valence-electron chi connectivity index (χ3n) is 6.85. The molecular weight excluding hydrogens is 572 g/mol. The molecule has 0 spiro atoms. The molecule has 6 rings (SSSR count). The van der Waals surface area contributed by atoms with Gasteiger partial charge in [0.05, 0.1) is 28.4 Å². The molecule has 1 N–H and O–H groups in total. The minimum Gasteiger partial charge on any atom is -0.507 e. The maximum absolute atomic E-state index is 13.7. The topological polar surface area (TPSA) is 89.0 Å². The van der Waals surface area contributed by atoms with Crippen LogP contribution >= 0.6 is 22.9 Å². The Morgan fingerprint density at radius 1 is 0.929 bits per heavy atom. The van der Waals surface area contributed by atoms with E-state index in [0.717, 1.165) is 10.3 Å². The first-order valence-corrected chi connectivity index (χ1v) is 14.5. The van der Waals surface area contributed by atoms with E-state index in [9.17, 15) is 14.7 Å². The molecule has 4 aromatic carbocycles. The third kappa shape index (κ3) is 5.34. The lowest BCUT2D eigenvalue weighted by atomic mass is 9.95. The van der Waals surface area contributed by atoms with Crippen molar-refractivity contribution in [2.24, 2.45) is 0 Å². The summed E-state index contributed by atoms with van der Waals surface area (Å²) in [5.74, 6) is -0.649. The number of carbonyl (C=O) groups excluding carboxylic acids is 2. The van der Waals surface area contributed by atoms with Crippen molar-refractivity contribution in [3.05, 3.63) is 124 Å². The maximum Gasteiger partial charge on any atom is 0.301 e. The van der Waals surface area contributed by atoms with Crippen molar-refractivity contribution >= 4 is 55.7 Å². The number of aromatic nitrogens is 1. The Balaban J connectivity index is 1.46. The fourth-order valence-electron chi connectivity index (χ4n) is 4.88. The van der Waals surface area contributed by atoms with E-state index in [4.69, 9.17) is 26.1 Å². The molecule has 42 heavy (non-hydrogen) atoms. The lowest BCUT2D eigenvalue weighted by molar-refractivity contribution is -0.132. The van der Waals surface area contributed by atoms with Gasteiger partial charge in [0.15, 0.2) is 5.13 Å². The monoisotopic (exact) mass is 596 g/mol. The lowest BCUT2D eigenvalue weighted by Gasteiger charge is -2.23. The van der Waals surface area contributed by atoms with Crippen LogP contribution in [0.4, 0.5) is 5.13 Å². The molecule has 1 amide bonds. The van der Waals surface area contributed by atoms with Crippen LogP contribution in [-0.4, -0.2) is 28.4 Å². The van der Waals surface area contributed by atoms with Gasteiger partial charge in [-0.3, -0.25) is 14.5 Å². The van der Waals surface area contributed by atoms with Crippen LogP contribution in [0.2, 0.25) is 5.02 Å². The van der Waals surface area contributed by atoms with Crippen molar-refractivity contribution in [2.45, 2.75) is 19.6 Å². The Labute approximate surface area is 251 Å². The van der Waals surface area contributed by atoms with Gasteiger partial charge in [0.2, 0.25) is 0 Å². The lowest BCUT2D eigenvalue weighted by Crippen LogP contribution is -2.29. The van der Waals surface area contributed by atoms with E-state index in [1.54, 1.807) is 42.5 Å². The normalized spacial score (nSPS) is 16.2. The van der Waals surface area contributed by atoms with Crippen molar-refractivity contribution in [3.63, 3.8) is 0 Å². The van der Waals surface area contributed by atoms with Gasteiger partial charge in [0, 0.05) is 10.6 Å². The zero-order chi connectivity index (χ0) is 29.2. The minimum atomic E-state index is -0.951. The number of anilines is 1. The standard InChI is InChI=1S/C33H25ClN2O5S/c1-2-40-25-15-16-26-27(18-25)42-33(35-26)36-29(22-9-6-10-24(17-22)41-19-20-7-4-3-5-8-20)28(31(38)32(36)39)30(37)21-11-13-23(34)14-12-21/h3-18,29,37H,2,19H2,1H3/b30-28+. The Hall–Kier alpha value is -4.66. The predicted octanol–water partition coefficient (Wildman–Crippen LogP) is 7.55. The van der Waals surface area contributed by atoms with Crippen molar-refractivity contribution in [2.75, 3.05) is 11.5 Å². The fraction of sp³-hybridized carbons (Fsp3) is 0.121. The van der Waals surface area contributed by atoms with E-state index in [2.05, 4.69) is 0 Å². The van der Waals surface area contributed by atoms with Crippen LogP contribution in [0.25, 0.3) is 16.0 Å². The van der Waals surface area contributed by atoms with E-state index in [1.165, 1.54) is 16.2 Å². The van der Waals surface area contributed by atoms with Crippen LogP contribution in [-0.2, 0) is 16.2 Å². The van der Waals surface area contributed by atoms with Gasteiger partial charge >= 0.3 is 5.91 Å². The molecule has 0 radical (unpaired) electrons. The number of Topliss-reactive ketones (excluding diaryl/α,β-unsaturated/α-hetero) is 1. The van der Waals surface area contributed by atoms with Crippen molar-refractivity contribution in [3.8, 4) is 11.5 Å². The summed E-state index contributed by atoms with van der Waals surface area (Å²) in [5, 5.41) is 12.2. The molecular formula is C33H25ClN2O5S. The molecule has 1 atom stereocenters. The van der Waals surface area contributed by atoms with Gasteiger partial charge in [0.1, 0.15) is 23.9 Å². The number of hydrogen-bond donors (Lipinski definition) is 1. The number of rotatable bonds is 8. The number of benzene rings is 4. The Kier molecular flexibility index (Phi) is 7.65. The summed E-state index contributed by atoms with van der Waals surface area (Å²) >= 11 is 7.33. The molecule has 1 fully saturated rings. The molecule has 1 saturated heterocycles. The van der Waals surface area contributed by atoms with Gasteiger partial charge in [-0.05, 0) is 72.6 Å². The highest BCUT2D eigenvalue weighted by Crippen LogP contribution is 2.45. The molecule has 1 aromatic heterocycles. The number of amides is 1. The molecule has 0 bridgehead atoms. The fourth-order valence-corrected chi connectivity index (χ4v) is 6.02. The van der Waals surface area contributed by atoms with Crippen molar-refractivity contribution in [1.82, 2.24) is 4.98 Å². The van der Waals surface area contributed by atoms with E-state index in [1.807, 2.05) is 61.5 Å². The maximum atomic E-state index is 13.7. The summed E-state index contributed by atoms with van der Waals surface area (Å²) in [6.45, 7) is 2.76. The first-order valence-electron chi connectivity index (χ1n) is 13.3. The van der Waals surface area contributed by atoms with Gasteiger partial charge in [-0.2, -0.15) is 0 Å². The minimum absolute atomic E-state index is 0.0446. The predicted molar refractivity (Wildman–Crippen MR) is 164 cm³/mol. The number of fused-ring (bicyclic) bond motifs is 1. The van der Waals surface area contributed by atoms with E-state index >= 15 is 0 Å². The number of hydrogen-bond acceptors (Lipinski definition) is 7. The first-order chi connectivity index (χ1) is 20.4. The molecule has 0 saturated carbocycles. The molecule has 0 aliphatic carbocycles.